The van der Waals surface area contributed by atoms with E-state index < -0.39 is 0 Å². The molecule has 1 aromatic heterocycles. The van der Waals surface area contributed by atoms with Crippen LogP contribution >= 0.6 is 0 Å². The van der Waals surface area contributed by atoms with Gasteiger partial charge in [0.25, 0.3) is 5.91 Å². The average Bonchev–Trinajstić information content (AvgIpc) is 3.09. The summed E-state index contributed by atoms with van der Waals surface area (Å²) in [5.41, 5.74) is 0.101. The number of carbonyl (C=O) groups excluding carboxylic acids is 1. The monoisotopic (exact) mass is 292 g/mol. The van der Waals surface area contributed by atoms with Crippen molar-refractivity contribution in [3.63, 3.8) is 0 Å². The Morgan fingerprint density at radius 3 is 2.67 bits per heavy atom. The number of hydrogen-bond donors (Lipinski definition) is 1. The highest BCUT2D eigenvalue weighted by Crippen LogP contribution is 2.33. The lowest BCUT2D eigenvalue weighted by Gasteiger charge is -2.48. The molecular weight excluding hydrogens is 268 g/mol. The predicted molar refractivity (Wildman–Crippen MR) is 79.2 cm³/mol. The predicted octanol–water partition coefficient (Wildman–Crippen LogP) is 2.04. The third-order valence-electron chi connectivity index (χ3n) is 4.79. The van der Waals surface area contributed by atoms with Gasteiger partial charge in [-0.25, -0.2) is 0 Å². The van der Waals surface area contributed by atoms with Crippen molar-refractivity contribution < 1.29 is 13.9 Å². The molecule has 0 bridgehead atoms. The molecule has 0 radical (unpaired) electrons. The van der Waals surface area contributed by atoms with Crippen LogP contribution in [0.4, 0.5) is 0 Å². The second-order valence-electron chi connectivity index (χ2n) is 6.04. The summed E-state index contributed by atoms with van der Waals surface area (Å²) < 4.78 is 10.6. The number of furan rings is 1. The molecule has 5 heteroatoms. The molecule has 5 nitrogen and oxygen atoms in total. The summed E-state index contributed by atoms with van der Waals surface area (Å²) in [5, 5.41) is 3.08. The fraction of sp³-hybridized carbons (Fsp3) is 0.688. The van der Waals surface area contributed by atoms with Crippen molar-refractivity contribution in [2.75, 3.05) is 32.8 Å². The van der Waals surface area contributed by atoms with E-state index in [1.807, 2.05) is 0 Å². The van der Waals surface area contributed by atoms with Gasteiger partial charge in [-0.05, 0) is 25.0 Å². The van der Waals surface area contributed by atoms with Crippen molar-refractivity contribution in [3.05, 3.63) is 24.2 Å². The molecule has 1 aromatic rings. The van der Waals surface area contributed by atoms with E-state index in [2.05, 4.69) is 10.2 Å². The molecule has 1 N–H and O–H groups in total. The first kappa shape index (κ1) is 14.6. The number of hydrogen-bond acceptors (Lipinski definition) is 4. The first-order chi connectivity index (χ1) is 10.3. The molecule has 0 atom stereocenters. The molecule has 1 amide bonds. The largest absolute Gasteiger partial charge is 0.459 e. The van der Waals surface area contributed by atoms with Crippen LogP contribution in [0.25, 0.3) is 0 Å². The van der Waals surface area contributed by atoms with Crippen molar-refractivity contribution in [1.29, 1.82) is 0 Å². The van der Waals surface area contributed by atoms with Crippen molar-refractivity contribution in [3.8, 4) is 0 Å². The lowest BCUT2D eigenvalue weighted by molar-refractivity contribution is -0.0362. The van der Waals surface area contributed by atoms with Crippen LogP contribution < -0.4 is 5.32 Å². The van der Waals surface area contributed by atoms with Gasteiger partial charge in [0, 0.05) is 25.2 Å². The van der Waals surface area contributed by atoms with Gasteiger partial charge in [-0.15, -0.1) is 0 Å². The zero-order valence-corrected chi connectivity index (χ0v) is 12.5. The van der Waals surface area contributed by atoms with Crippen LogP contribution in [0.5, 0.6) is 0 Å². The van der Waals surface area contributed by atoms with E-state index >= 15 is 0 Å². The van der Waals surface area contributed by atoms with Crippen molar-refractivity contribution in [2.24, 2.45) is 0 Å². The third-order valence-corrected chi connectivity index (χ3v) is 4.79. The standard InChI is InChI=1S/C16H24N2O3/c19-15(14-5-4-10-21-14)17-13-16(6-2-1-3-7-16)18-8-11-20-12-9-18/h4-5,10H,1-3,6-9,11-13H2,(H,17,19). The van der Waals surface area contributed by atoms with E-state index in [9.17, 15) is 4.79 Å². The van der Waals surface area contributed by atoms with Crippen LogP contribution in [-0.2, 0) is 4.74 Å². The van der Waals surface area contributed by atoms with Gasteiger partial charge in [0.15, 0.2) is 5.76 Å². The van der Waals surface area contributed by atoms with Crippen LogP contribution in [-0.4, -0.2) is 49.2 Å². The zero-order valence-electron chi connectivity index (χ0n) is 12.5. The minimum Gasteiger partial charge on any atom is -0.459 e. The minimum absolute atomic E-state index is 0.101. The minimum atomic E-state index is -0.113. The first-order valence-corrected chi connectivity index (χ1v) is 7.95. The third kappa shape index (κ3) is 3.30. The summed E-state index contributed by atoms with van der Waals surface area (Å²) in [6, 6.07) is 3.45. The topological polar surface area (TPSA) is 54.7 Å². The Hall–Kier alpha value is -1.33. The van der Waals surface area contributed by atoms with Gasteiger partial charge >= 0.3 is 0 Å². The quantitative estimate of drug-likeness (QED) is 0.923. The Kier molecular flexibility index (Phi) is 4.60. The number of ether oxygens (including phenoxy) is 1. The summed E-state index contributed by atoms with van der Waals surface area (Å²) >= 11 is 0. The number of carbonyl (C=O) groups is 1. The number of amides is 1. The summed E-state index contributed by atoms with van der Waals surface area (Å²) in [6.45, 7) is 4.24. The lowest BCUT2D eigenvalue weighted by atomic mass is 9.79. The first-order valence-electron chi connectivity index (χ1n) is 7.95. The molecule has 1 aliphatic heterocycles. The van der Waals surface area contributed by atoms with E-state index in [-0.39, 0.29) is 11.4 Å². The number of rotatable bonds is 4. The number of nitrogens with zero attached hydrogens (tertiary/aromatic N) is 1. The van der Waals surface area contributed by atoms with Crippen LogP contribution in [0.2, 0.25) is 0 Å². The van der Waals surface area contributed by atoms with Gasteiger partial charge in [-0.2, -0.15) is 0 Å². The van der Waals surface area contributed by atoms with Crippen molar-refractivity contribution in [2.45, 2.75) is 37.6 Å². The summed E-state index contributed by atoms with van der Waals surface area (Å²) in [7, 11) is 0. The molecule has 0 spiro atoms. The lowest BCUT2D eigenvalue weighted by Crippen LogP contribution is -2.59. The van der Waals surface area contributed by atoms with Gasteiger partial charge in [0.2, 0.25) is 0 Å². The summed E-state index contributed by atoms with van der Waals surface area (Å²) in [4.78, 5) is 14.7. The highest BCUT2D eigenvalue weighted by atomic mass is 16.5. The van der Waals surface area contributed by atoms with Crippen LogP contribution in [0.1, 0.15) is 42.7 Å². The fourth-order valence-electron chi connectivity index (χ4n) is 3.59. The summed E-state index contributed by atoms with van der Waals surface area (Å²) in [5.74, 6) is 0.279. The van der Waals surface area contributed by atoms with Gasteiger partial charge in [0.1, 0.15) is 0 Å². The molecule has 1 saturated carbocycles. The Bertz CT molecular complexity index is 446. The Morgan fingerprint density at radius 2 is 2.00 bits per heavy atom. The van der Waals surface area contributed by atoms with Crippen molar-refractivity contribution in [1.82, 2.24) is 10.2 Å². The van der Waals surface area contributed by atoms with Gasteiger partial charge in [-0.1, -0.05) is 19.3 Å². The molecule has 2 fully saturated rings. The molecule has 0 aromatic carbocycles. The maximum absolute atomic E-state index is 12.1. The average molecular weight is 292 g/mol. The van der Waals surface area contributed by atoms with Gasteiger partial charge in [-0.3, -0.25) is 9.69 Å². The fourth-order valence-corrected chi connectivity index (χ4v) is 3.59. The van der Waals surface area contributed by atoms with E-state index in [0.29, 0.717) is 12.3 Å². The molecule has 0 unspecified atom stereocenters. The number of morpholine rings is 1. The van der Waals surface area contributed by atoms with E-state index in [1.165, 1.54) is 25.5 Å². The second-order valence-corrected chi connectivity index (χ2v) is 6.04. The number of nitrogens with one attached hydrogen (secondary N) is 1. The molecule has 2 heterocycles. The van der Waals surface area contributed by atoms with E-state index in [4.69, 9.17) is 9.15 Å². The molecule has 116 valence electrons. The van der Waals surface area contributed by atoms with Crippen LogP contribution in [0, 0.1) is 0 Å². The SMILES string of the molecule is O=C(NCC1(N2CCOCC2)CCCCC1)c1ccco1. The molecule has 3 rings (SSSR count). The van der Waals surface area contributed by atoms with Gasteiger partial charge in [0.05, 0.1) is 19.5 Å². The van der Waals surface area contributed by atoms with E-state index in [0.717, 1.165) is 39.1 Å². The smallest absolute Gasteiger partial charge is 0.287 e. The van der Waals surface area contributed by atoms with Gasteiger partial charge < -0.3 is 14.5 Å². The maximum atomic E-state index is 12.1. The van der Waals surface area contributed by atoms with E-state index in [1.54, 1.807) is 12.1 Å². The normalized spacial score (nSPS) is 22.9. The molecular formula is C16H24N2O3. The second kappa shape index (κ2) is 6.62. The highest BCUT2D eigenvalue weighted by Gasteiger charge is 2.38. The Morgan fingerprint density at radius 1 is 1.24 bits per heavy atom. The highest BCUT2D eigenvalue weighted by molar-refractivity contribution is 5.91. The molecule has 1 saturated heterocycles. The summed E-state index contributed by atoms with van der Waals surface area (Å²) in [6.07, 6.45) is 7.64. The van der Waals surface area contributed by atoms with Crippen LogP contribution in [0.15, 0.2) is 22.8 Å². The van der Waals surface area contributed by atoms with Crippen LogP contribution in [0.3, 0.4) is 0 Å². The molecule has 21 heavy (non-hydrogen) atoms. The van der Waals surface area contributed by atoms with Crippen molar-refractivity contribution >= 4 is 5.91 Å². The molecule has 2 aliphatic rings. The molecule has 1 aliphatic carbocycles. The Labute approximate surface area is 125 Å². The maximum Gasteiger partial charge on any atom is 0.287 e. The zero-order chi connectivity index (χ0) is 14.5. The Balaban J connectivity index is 1.65.